The first-order chi connectivity index (χ1) is 15.5. The molecule has 2 aromatic carbocycles. The first-order valence-corrected chi connectivity index (χ1v) is 9.78. The van der Waals surface area contributed by atoms with Crippen molar-refractivity contribution in [2.75, 3.05) is 19.0 Å². The number of benzene rings is 2. The molecule has 0 saturated carbocycles. The van der Waals surface area contributed by atoms with E-state index in [1.807, 2.05) is 22.9 Å². The lowest BCUT2D eigenvalue weighted by Crippen LogP contribution is -2.14. The molecule has 0 aliphatic carbocycles. The van der Waals surface area contributed by atoms with Crippen molar-refractivity contribution in [2.45, 2.75) is 14.0 Å². The number of anilines is 2. The molecule has 170 valence electrons. The van der Waals surface area contributed by atoms with E-state index in [9.17, 15) is 14.5 Å². The summed E-state index contributed by atoms with van der Waals surface area (Å²) in [6.45, 7) is 1.08. The van der Waals surface area contributed by atoms with Crippen molar-refractivity contribution in [1.29, 1.82) is 0 Å². The van der Waals surface area contributed by atoms with Crippen LogP contribution in [0, 0.1) is 15.9 Å². The minimum absolute atomic E-state index is 0. The van der Waals surface area contributed by atoms with Gasteiger partial charge in [-0.3, -0.25) is 14.8 Å². The third-order valence-electron chi connectivity index (χ3n) is 4.97. The van der Waals surface area contributed by atoms with E-state index in [1.54, 1.807) is 0 Å². The van der Waals surface area contributed by atoms with Gasteiger partial charge in [-0.05, 0) is 6.07 Å². The van der Waals surface area contributed by atoms with E-state index in [4.69, 9.17) is 21.1 Å². The molecular weight excluding hydrogens is 455 g/mol. The molecule has 0 radical (unpaired) electrons. The molecule has 0 bridgehead atoms. The highest BCUT2D eigenvalue weighted by atomic mass is 35.5. The van der Waals surface area contributed by atoms with Gasteiger partial charge in [-0.25, -0.2) is 9.97 Å². The van der Waals surface area contributed by atoms with E-state index in [2.05, 4.69) is 20.4 Å². The van der Waals surface area contributed by atoms with E-state index >= 15 is 0 Å². The van der Waals surface area contributed by atoms with Crippen molar-refractivity contribution in [3.8, 4) is 22.9 Å². The Hall–Kier alpha value is -3.99. The maximum Gasteiger partial charge on any atom is 0.307 e. The molecule has 0 amide bonds. The minimum atomic E-state index is -1.02. The van der Waals surface area contributed by atoms with Crippen molar-refractivity contribution >= 4 is 39.8 Å². The Morgan fingerprint density at radius 1 is 1.33 bits per heavy atom. The summed E-state index contributed by atoms with van der Waals surface area (Å²) < 4.78 is 26.6. The lowest BCUT2D eigenvalue weighted by molar-refractivity contribution is -0.387. The first kappa shape index (κ1) is 22.2. The smallest absolute Gasteiger partial charge is 0.307 e. The van der Waals surface area contributed by atoms with Crippen molar-refractivity contribution in [3.63, 3.8) is 0 Å². The number of nitro benzene ring substituents is 1. The lowest BCUT2D eigenvalue weighted by Gasteiger charge is -2.14. The number of ether oxygens (including phenoxy) is 2. The van der Waals surface area contributed by atoms with Crippen LogP contribution in [0.15, 0.2) is 36.5 Å². The van der Waals surface area contributed by atoms with Gasteiger partial charge in [0.1, 0.15) is 35.0 Å². The van der Waals surface area contributed by atoms with Crippen LogP contribution in [0.4, 0.5) is 21.7 Å². The number of methoxy groups -OCH3 is 1. The number of rotatable bonds is 5. The van der Waals surface area contributed by atoms with Gasteiger partial charge in [-0.15, -0.1) is 0 Å². The molecule has 5 rings (SSSR count). The summed E-state index contributed by atoms with van der Waals surface area (Å²) in [5.41, 5.74) is 1.16. The fraction of sp³-hybridized carbons (Fsp3) is 0.190. The summed E-state index contributed by atoms with van der Waals surface area (Å²) in [6, 6.07) is 7.55. The molecule has 1 aliphatic rings. The van der Waals surface area contributed by atoms with Crippen LogP contribution in [0.25, 0.3) is 22.3 Å². The molecule has 1 N–H and O–H groups in total. The standard InChI is InChI=1S/C20H14ClFN6O4.CH4/c1-31-16-7-12(22)14(28(29)30)8-13(16)24-20-23-9-11(21)18(25-20)17-10-3-2-4-15-19(10)27(26-17)5-6-32-15;/h2-4,7-9H,5-6H2,1H3,(H,23,24,25);1H4. The van der Waals surface area contributed by atoms with E-state index in [-0.39, 0.29) is 29.8 Å². The number of halogens is 2. The Balaban J connectivity index is 0.00000259. The largest absolute Gasteiger partial charge is 0.494 e. The first-order valence-electron chi connectivity index (χ1n) is 9.40. The molecule has 2 aromatic heterocycles. The van der Waals surface area contributed by atoms with E-state index in [0.29, 0.717) is 24.5 Å². The van der Waals surface area contributed by atoms with Crippen LogP contribution in [0.3, 0.4) is 0 Å². The summed E-state index contributed by atoms with van der Waals surface area (Å²) in [5, 5.41) is 19.7. The predicted molar refractivity (Wildman–Crippen MR) is 121 cm³/mol. The number of hydrogen-bond acceptors (Lipinski definition) is 8. The lowest BCUT2D eigenvalue weighted by atomic mass is 10.1. The van der Waals surface area contributed by atoms with E-state index in [1.165, 1.54) is 13.3 Å². The molecule has 0 saturated heterocycles. The molecule has 0 atom stereocenters. The van der Waals surface area contributed by atoms with Crippen molar-refractivity contribution in [2.24, 2.45) is 0 Å². The molecule has 33 heavy (non-hydrogen) atoms. The summed E-state index contributed by atoms with van der Waals surface area (Å²) in [5.74, 6) is -0.167. The quantitative estimate of drug-likeness (QED) is 0.319. The average molecular weight is 473 g/mol. The minimum Gasteiger partial charge on any atom is -0.494 e. The number of aromatic nitrogens is 4. The molecule has 10 nitrogen and oxygen atoms in total. The van der Waals surface area contributed by atoms with Gasteiger partial charge in [0.05, 0.1) is 35.5 Å². The van der Waals surface area contributed by atoms with Gasteiger partial charge in [0, 0.05) is 17.5 Å². The Labute approximate surface area is 192 Å². The Bertz CT molecular complexity index is 1390. The Morgan fingerprint density at radius 2 is 2.15 bits per heavy atom. The highest BCUT2D eigenvalue weighted by molar-refractivity contribution is 6.33. The SMILES string of the molecule is C.COc1cc(F)c([N+](=O)[O-])cc1Nc1ncc(Cl)c(-c2nn3c4c(cccc24)OCC3)n1. The highest BCUT2D eigenvalue weighted by Gasteiger charge is 2.23. The van der Waals surface area contributed by atoms with Crippen molar-refractivity contribution in [3.05, 3.63) is 57.5 Å². The summed E-state index contributed by atoms with van der Waals surface area (Å²) >= 11 is 6.39. The van der Waals surface area contributed by atoms with Crippen LogP contribution < -0.4 is 14.8 Å². The average Bonchev–Trinajstić information content (AvgIpc) is 3.16. The number of nitrogens with one attached hydrogen (secondary N) is 1. The summed E-state index contributed by atoms with van der Waals surface area (Å²) in [6.07, 6.45) is 1.39. The van der Waals surface area contributed by atoms with Crippen LogP contribution in [-0.2, 0) is 6.54 Å². The fourth-order valence-electron chi connectivity index (χ4n) is 3.56. The number of para-hydroxylation sites is 1. The second kappa shape index (κ2) is 8.51. The molecular formula is C21H18ClFN6O4. The zero-order chi connectivity index (χ0) is 22.4. The van der Waals surface area contributed by atoms with Gasteiger partial charge in [-0.2, -0.15) is 9.49 Å². The normalized spacial score (nSPS) is 12.1. The van der Waals surface area contributed by atoms with Crippen LogP contribution in [0.1, 0.15) is 7.43 Å². The second-order valence-corrected chi connectivity index (χ2v) is 7.26. The molecule has 0 unspecified atom stereocenters. The summed E-state index contributed by atoms with van der Waals surface area (Å²) in [7, 11) is 1.32. The highest BCUT2D eigenvalue weighted by Crippen LogP contribution is 2.38. The molecule has 1 aliphatic heterocycles. The number of nitro groups is 1. The topological polar surface area (TPSA) is 117 Å². The van der Waals surface area contributed by atoms with Gasteiger partial charge in [0.25, 0.3) is 0 Å². The van der Waals surface area contributed by atoms with Gasteiger partial charge < -0.3 is 14.8 Å². The zero-order valence-electron chi connectivity index (χ0n) is 16.5. The monoisotopic (exact) mass is 472 g/mol. The number of nitrogens with zero attached hydrogens (tertiary/aromatic N) is 5. The molecule has 3 heterocycles. The van der Waals surface area contributed by atoms with E-state index in [0.717, 1.165) is 28.8 Å². The fourth-order valence-corrected chi connectivity index (χ4v) is 3.74. The predicted octanol–water partition coefficient (Wildman–Crippen LogP) is 4.97. The third kappa shape index (κ3) is 3.76. The third-order valence-corrected chi connectivity index (χ3v) is 5.25. The zero-order valence-corrected chi connectivity index (χ0v) is 17.3. The van der Waals surface area contributed by atoms with Gasteiger partial charge in [0.15, 0.2) is 0 Å². The second-order valence-electron chi connectivity index (χ2n) is 6.85. The van der Waals surface area contributed by atoms with Crippen LogP contribution in [-0.4, -0.2) is 38.4 Å². The Kier molecular flexibility index (Phi) is 5.73. The maximum atomic E-state index is 13.9. The molecule has 0 fully saturated rings. The summed E-state index contributed by atoms with van der Waals surface area (Å²) in [4.78, 5) is 18.9. The number of hydrogen-bond donors (Lipinski definition) is 1. The Morgan fingerprint density at radius 3 is 2.91 bits per heavy atom. The van der Waals surface area contributed by atoms with Crippen molar-refractivity contribution < 1.29 is 18.8 Å². The van der Waals surface area contributed by atoms with E-state index < -0.39 is 16.4 Å². The van der Waals surface area contributed by atoms with Crippen LogP contribution in [0.5, 0.6) is 11.5 Å². The maximum absolute atomic E-state index is 13.9. The molecule has 4 aromatic rings. The van der Waals surface area contributed by atoms with Crippen molar-refractivity contribution in [1.82, 2.24) is 19.7 Å². The van der Waals surface area contributed by atoms with Gasteiger partial charge in [0.2, 0.25) is 11.8 Å². The van der Waals surface area contributed by atoms with Gasteiger partial charge >= 0.3 is 5.69 Å². The molecule has 0 spiro atoms. The van der Waals surface area contributed by atoms with Crippen LogP contribution >= 0.6 is 11.6 Å². The van der Waals surface area contributed by atoms with Crippen LogP contribution in [0.2, 0.25) is 5.02 Å². The molecule has 12 heteroatoms. The van der Waals surface area contributed by atoms with Gasteiger partial charge in [-0.1, -0.05) is 31.2 Å².